The van der Waals surface area contributed by atoms with E-state index in [2.05, 4.69) is 5.10 Å². The van der Waals surface area contributed by atoms with E-state index < -0.39 is 5.72 Å². The molecule has 2 aromatic carbocycles. The first kappa shape index (κ1) is 16.2. The molecule has 0 saturated carbocycles. The van der Waals surface area contributed by atoms with E-state index in [4.69, 9.17) is 4.74 Å². The van der Waals surface area contributed by atoms with Crippen LogP contribution in [0, 0.1) is 0 Å². The number of methoxy groups -OCH3 is 1. The van der Waals surface area contributed by atoms with Gasteiger partial charge in [0, 0.05) is 23.3 Å². The van der Waals surface area contributed by atoms with Crippen LogP contribution in [-0.4, -0.2) is 28.8 Å². The third kappa shape index (κ3) is 2.78. The van der Waals surface area contributed by atoms with Gasteiger partial charge in [-0.25, -0.2) is 0 Å². The van der Waals surface area contributed by atoms with Gasteiger partial charge in [-0.1, -0.05) is 37.3 Å². The van der Waals surface area contributed by atoms with Crippen molar-refractivity contribution < 1.29 is 14.6 Å². The van der Waals surface area contributed by atoms with Crippen LogP contribution in [0.25, 0.3) is 0 Å². The Hall–Kier alpha value is -2.66. The largest absolute Gasteiger partial charge is 0.497 e. The molecule has 1 amide bonds. The normalized spacial score (nSPS) is 20.0. The van der Waals surface area contributed by atoms with Gasteiger partial charge in [-0.05, 0) is 30.7 Å². The second kappa shape index (κ2) is 6.45. The van der Waals surface area contributed by atoms with Gasteiger partial charge in [0.05, 0.1) is 7.11 Å². The lowest BCUT2D eigenvalue weighted by atomic mass is 9.96. The van der Waals surface area contributed by atoms with E-state index in [0.717, 1.165) is 5.71 Å². The van der Waals surface area contributed by atoms with Crippen molar-refractivity contribution >= 4 is 11.6 Å². The third-order valence-corrected chi connectivity index (χ3v) is 4.22. The molecular formula is C19H20N2O3. The van der Waals surface area contributed by atoms with Gasteiger partial charge in [-0.2, -0.15) is 10.1 Å². The number of benzene rings is 2. The lowest BCUT2D eigenvalue weighted by Gasteiger charge is -2.31. The molecule has 0 fully saturated rings. The second-order valence-electron chi connectivity index (χ2n) is 5.72. The highest BCUT2D eigenvalue weighted by Gasteiger charge is 2.45. The molecule has 0 spiro atoms. The minimum Gasteiger partial charge on any atom is -0.497 e. The highest BCUT2D eigenvalue weighted by Crippen LogP contribution is 2.37. The molecule has 0 unspecified atom stereocenters. The number of hydrogen-bond donors (Lipinski definition) is 1. The van der Waals surface area contributed by atoms with Gasteiger partial charge in [0.15, 0.2) is 5.72 Å². The van der Waals surface area contributed by atoms with Crippen LogP contribution in [0.1, 0.15) is 35.7 Å². The van der Waals surface area contributed by atoms with E-state index in [1.807, 2.05) is 13.0 Å². The molecule has 2 aromatic rings. The summed E-state index contributed by atoms with van der Waals surface area (Å²) in [4.78, 5) is 12.9. The number of carbonyl (C=O) groups is 1. The van der Waals surface area contributed by atoms with E-state index in [-0.39, 0.29) is 5.91 Å². The molecule has 1 atom stereocenters. The minimum atomic E-state index is -1.48. The molecule has 5 nitrogen and oxygen atoms in total. The molecule has 24 heavy (non-hydrogen) atoms. The maximum atomic E-state index is 12.9. The second-order valence-corrected chi connectivity index (χ2v) is 5.72. The van der Waals surface area contributed by atoms with Crippen LogP contribution >= 0.6 is 0 Å². The lowest BCUT2D eigenvalue weighted by Crippen LogP contribution is -2.43. The highest BCUT2D eigenvalue weighted by molar-refractivity contribution is 5.98. The average molecular weight is 324 g/mol. The maximum Gasteiger partial charge on any atom is 0.276 e. The van der Waals surface area contributed by atoms with Crippen molar-refractivity contribution in [2.45, 2.75) is 25.5 Å². The number of amides is 1. The van der Waals surface area contributed by atoms with Crippen molar-refractivity contribution in [3.05, 3.63) is 65.7 Å². The van der Waals surface area contributed by atoms with Gasteiger partial charge < -0.3 is 9.84 Å². The van der Waals surface area contributed by atoms with Crippen LogP contribution < -0.4 is 4.74 Å². The van der Waals surface area contributed by atoms with Crippen molar-refractivity contribution in [3.63, 3.8) is 0 Å². The quantitative estimate of drug-likeness (QED) is 0.940. The van der Waals surface area contributed by atoms with Crippen molar-refractivity contribution in [2.24, 2.45) is 5.10 Å². The molecule has 5 heteroatoms. The van der Waals surface area contributed by atoms with Gasteiger partial charge >= 0.3 is 0 Å². The molecule has 0 radical (unpaired) electrons. The number of aliphatic hydroxyl groups is 1. The molecule has 0 bridgehead atoms. The van der Waals surface area contributed by atoms with E-state index >= 15 is 0 Å². The minimum absolute atomic E-state index is 0.300. The molecule has 0 saturated heterocycles. The summed E-state index contributed by atoms with van der Waals surface area (Å²) in [6, 6.07) is 15.9. The fourth-order valence-electron chi connectivity index (χ4n) is 2.81. The molecule has 124 valence electrons. The van der Waals surface area contributed by atoms with Gasteiger partial charge in [0.2, 0.25) is 0 Å². The van der Waals surface area contributed by atoms with Crippen molar-refractivity contribution in [1.82, 2.24) is 5.01 Å². The summed E-state index contributed by atoms with van der Waals surface area (Å²) in [6.07, 6.45) is 0.978. The van der Waals surface area contributed by atoms with Crippen LogP contribution in [0.4, 0.5) is 0 Å². The van der Waals surface area contributed by atoms with Crippen molar-refractivity contribution in [1.29, 1.82) is 0 Å². The van der Waals surface area contributed by atoms with E-state index in [0.29, 0.717) is 29.7 Å². The monoisotopic (exact) mass is 324 g/mol. The summed E-state index contributed by atoms with van der Waals surface area (Å²) in [7, 11) is 1.59. The zero-order valence-electron chi connectivity index (χ0n) is 13.8. The number of nitrogens with zero attached hydrogens (tertiary/aromatic N) is 2. The number of carbonyl (C=O) groups excluding carboxylic acids is 1. The van der Waals surface area contributed by atoms with Gasteiger partial charge in [0.1, 0.15) is 5.75 Å². The Kier molecular flexibility index (Phi) is 4.36. The zero-order chi connectivity index (χ0) is 17.2. The summed E-state index contributed by atoms with van der Waals surface area (Å²) >= 11 is 0. The molecule has 1 N–H and O–H groups in total. The zero-order valence-corrected chi connectivity index (χ0v) is 13.8. The van der Waals surface area contributed by atoms with Crippen molar-refractivity contribution in [2.75, 3.05) is 7.11 Å². The van der Waals surface area contributed by atoms with Crippen LogP contribution in [0.2, 0.25) is 0 Å². The number of hydrazone groups is 1. The predicted octanol–water partition coefficient (Wildman–Crippen LogP) is 3.15. The predicted molar refractivity (Wildman–Crippen MR) is 91.8 cm³/mol. The van der Waals surface area contributed by atoms with E-state index in [1.54, 1.807) is 55.6 Å². The smallest absolute Gasteiger partial charge is 0.276 e. The summed E-state index contributed by atoms with van der Waals surface area (Å²) in [5.74, 6) is 0.371. The third-order valence-electron chi connectivity index (χ3n) is 4.22. The highest BCUT2D eigenvalue weighted by atomic mass is 16.5. The molecule has 0 aromatic heterocycles. The first-order valence-electron chi connectivity index (χ1n) is 7.91. The molecule has 1 heterocycles. The van der Waals surface area contributed by atoms with Crippen LogP contribution in [-0.2, 0) is 5.72 Å². The Balaban J connectivity index is 2.00. The fourth-order valence-corrected chi connectivity index (χ4v) is 2.81. The average Bonchev–Trinajstić information content (AvgIpc) is 3.00. The maximum absolute atomic E-state index is 12.9. The van der Waals surface area contributed by atoms with Crippen LogP contribution in [0.15, 0.2) is 59.7 Å². The first-order chi connectivity index (χ1) is 11.6. The Morgan fingerprint density at radius 2 is 1.88 bits per heavy atom. The van der Waals surface area contributed by atoms with Crippen LogP contribution in [0.5, 0.6) is 5.75 Å². The molecule has 1 aliphatic rings. The summed E-state index contributed by atoms with van der Waals surface area (Å²) in [6.45, 7) is 1.96. The summed E-state index contributed by atoms with van der Waals surface area (Å²) in [5, 5.41) is 16.8. The van der Waals surface area contributed by atoms with E-state index in [1.165, 1.54) is 5.01 Å². The Morgan fingerprint density at radius 3 is 2.46 bits per heavy atom. The number of ether oxygens (including phenoxy) is 1. The summed E-state index contributed by atoms with van der Waals surface area (Å²) in [5.41, 5.74) is 0.410. The van der Waals surface area contributed by atoms with Gasteiger partial charge in [-0.3, -0.25) is 4.79 Å². The van der Waals surface area contributed by atoms with Gasteiger partial charge in [0.25, 0.3) is 5.91 Å². The van der Waals surface area contributed by atoms with E-state index in [9.17, 15) is 9.90 Å². The fraction of sp³-hybridized carbons (Fsp3) is 0.263. The summed E-state index contributed by atoms with van der Waals surface area (Å²) < 4.78 is 5.16. The van der Waals surface area contributed by atoms with Crippen LogP contribution in [0.3, 0.4) is 0 Å². The Labute approximate surface area is 141 Å². The Morgan fingerprint density at radius 1 is 1.21 bits per heavy atom. The Bertz CT molecular complexity index is 756. The molecule has 3 rings (SSSR count). The molecule has 1 aliphatic heterocycles. The standard InChI is InChI=1S/C19H20N2O3/c1-3-16-13-19(23,15-9-11-17(24-2)12-10-15)21(20-16)18(22)14-7-5-4-6-8-14/h4-12,23H,3,13H2,1-2H3/t19-/m1/s1. The molecule has 0 aliphatic carbocycles. The van der Waals surface area contributed by atoms with Crippen molar-refractivity contribution in [3.8, 4) is 5.75 Å². The molecular weight excluding hydrogens is 304 g/mol. The number of hydrogen-bond acceptors (Lipinski definition) is 4. The lowest BCUT2D eigenvalue weighted by molar-refractivity contribution is -0.0765. The first-order valence-corrected chi connectivity index (χ1v) is 7.91. The van der Waals surface area contributed by atoms with Gasteiger partial charge in [-0.15, -0.1) is 0 Å². The number of rotatable bonds is 4. The topological polar surface area (TPSA) is 62.1 Å². The SMILES string of the molecule is CCC1=NN(C(=O)c2ccccc2)[C@](O)(c2ccc(OC)cc2)C1.